The minimum atomic E-state index is -0.217. The Morgan fingerprint density at radius 3 is 1.12 bits per heavy atom. The number of azo groups is 1. The van der Waals surface area contributed by atoms with Crippen molar-refractivity contribution >= 4 is 0 Å². The lowest BCUT2D eigenvalue weighted by Crippen LogP contribution is -2.17. The molecule has 0 fully saturated rings. The lowest BCUT2D eigenvalue weighted by atomic mass is 10.0. The molecule has 0 bridgehead atoms. The number of hydrogen-bond acceptors (Lipinski definition) is 2. The molecule has 0 saturated heterocycles. The molecule has 0 radical (unpaired) electrons. The molecule has 0 atom stereocenters. The van der Waals surface area contributed by atoms with Crippen LogP contribution in [-0.2, 0) is 0 Å². The van der Waals surface area contributed by atoms with Gasteiger partial charge in [-0.05, 0) is 55.4 Å². The van der Waals surface area contributed by atoms with Gasteiger partial charge in [-0.25, -0.2) is 0 Å². The monoisotopic (exact) mass is 222 g/mol. The Morgan fingerprint density at radius 1 is 0.688 bits per heavy atom. The smallest absolute Gasteiger partial charge is 0.0942 e. The van der Waals surface area contributed by atoms with Crippen molar-refractivity contribution in [1.82, 2.24) is 0 Å². The van der Waals surface area contributed by atoms with E-state index < -0.39 is 0 Å². The molecule has 0 aromatic heterocycles. The van der Waals surface area contributed by atoms with E-state index in [-0.39, 0.29) is 11.1 Å². The second-order valence-electron chi connectivity index (χ2n) is 5.95. The summed E-state index contributed by atoms with van der Waals surface area (Å²) in [6.45, 7) is 16.6. The zero-order valence-corrected chi connectivity index (χ0v) is 12.0. The maximum Gasteiger partial charge on any atom is 0.0942 e. The van der Waals surface area contributed by atoms with Crippen LogP contribution in [0.3, 0.4) is 0 Å². The molecule has 0 aliphatic carbocycles. The van der Waals surface area contributed by atoms with Crippen molar-refractivity contribution in [2.24, 2.45) is 10.2 Å². The topological polar surface area (TPSA) is 24.7 Å². The highest BCUT2D eigenvalue weighted by Crippen LogP contribution is 2.20. The maximum absolute atomic E-state index is 4.42. The van der Waals surface area contributed by atoms with Crippen molar-refractivity contribution in [2.45, 2.75) is 66.5 Å². The number of nitrogens with zero attached hydrogens (tertiary/aromatic N) is 2. The van der Waals surface area contributed by atoms with E-state index in [0.717, 1.165) is 0 Å². The molecular formula is C14H26N2. The first kappa shape index (κ1) is 15.1. The molecule has 92 valence electrons. The zero-order chi connectivity index (χ0) is 13.0. The van der Waals surface area contributed by atoms with E-state index in [9.17, 15) is 0 Å². The highest BCUT2D eigenvalue weighted by atomic mass is 15.2. The number of rotatable bonds is 4. The summed E-state index contributed by atoms with van der Waals surface area (Å²) >= 11 is 0. The quantitative estimate of drug-likeness (QED) is 0.476. The maximum atomic E-state index is 4.42. The van der Waals surface area contributed by atoms with Gasteiger partial charge in [-0.3, -0.25) is 0 Å². The first-order chi connectivity index (χ1) is 7.04. The molecule has 0 aliphatic rings. The molecule has 16 heavy (non-hydrogen) atoms. The summed E-state index contributed by atoms with van der Waals surface area (Å²) in [7, 11) is 0. The van der Waals surface area contributed by atoms with Crippen LogP contribution in [0.2, 0.25) is 0 Å². The first-order valence-electron chi connectivity index (χ1n) is 5.80. The first-order valence-corrected chi connectivity index (χ1v) is 5.80. The normalized spacial score (nSPS) is 12.8. The summed E-state index contributed by atoms with van der Waals surface area (Å²) in [6.07, 6.45) is 4.27. The Hall–Kier alpha value is -0.920. The van der Waals surface area contributed by atoms with Crippen molar-refractivity contribution in [3.63, 3.8) is 0 Å². The van der Waals surface area contributed by atoms with E-state index in [2.05, 4.69) is 77.8 Å². The predicted molar refractivity (Wildman–Crippen MR) is 71.9 cm³/mol. The van der Waals surface area contributed by atoms with Crippen LogP contribution in [0.15, 0.2) is 33.5 Å². The van der Waals surface area contributed by atoms with Crippen LogP contribution in [0, 0.1) is 0 Å². The van der Waals surface area contributed by atoms with Gasteiger partial charge in [-0.1, -0.05) is 23.3 Å². The van der Waals surface area contributed by atoms with Crippen molar-refractivity contribution in [3.8, 4) is 0 Å². The molecule has 0 amide bonds. The van der Waals surface area contributed by atoms with Crippen molar-refractivity contribution in [3.05, 3.63) is 23.3 Å². The van der Waals surface area contributed by atoms with E-state index in [1.54, 1.807) is 0 Å². The SMILES string of the molecule is CC(C)=CC(C)(C)N=NC(C)(C)C=C(C)C. The van der Waals surface area contributed by atoms with Gasteiger partial charge in [0.1, 0.15) is 0 Å². The van der Waals surface area contributed by atoms with Crippen molar-refractivity contribution < 1.29 is 0 Å². The van der Waals surface area contributed by atoms with Crippen LogP contribution in [0.1, 0.15) is 55.4 Å². The number of allylic oxidation sites excluding steroid dienone is 2. The Kier molecular flexibility index (Phi) is 5.11. The average Bonchev–Trinajstić information content (AvgIpc) is 1.96. The minimum Gasteiger partial charge on any atom is -0.183 e. The van der Waals surface area contributed by atoms with E-state index in [4.69, 9.17) is 0 Å². The molecule has 2 heteroatoms. The van der Waals surface area contributed by atoms with Gasteiger partial charge in [0.15, 0.2) is 0 Å². The molecule has 0 N–H and O–H groups in total. The highest BCUT2D eigenvalue weighted by molar-refractivity contribution is 5.09. The lowest BCUT2D eigenvalue weighted by molar-refractivity contribution is 0.523. The minimum absolute atomic E-state index is 0.217. The summed E-state index contributed by atoms with van der Waals surface area (Å²) in [4.78, 5) is 0. The summed E-state index contributed by atoms with van der Waals surface area (Å²) in [5.41, 5.74) is 2.10. The van der Waals surface area contributed by atoms with Crippen LogP contribution in [0.4, 0.5) is 0 Å². The highest BCUT2D eigenvalue weighted by Gasteiger charge is 2.17. The van der Waals surface area contributed by atoms with E-state index in [1.165, 1.54) is 11.1 Å². The molecule has 0 saturated carbocycles. The van der Waals surface area contributed by atoms with Crippen LogP contribution in [0.25, 0.3) is 0 Å². The van der Waals surface area contributed by atoms with E-state index >= 15 is 0 Å². The average molecular weight is 222 g/mol. The molecule has 0 spiro atoms. The largest absolute Gasteiger partial charge is 0.183 e. The fourth-order valence-electron chi connectivity index (χ4n) is 1.73. The van der Waals surface area contributed by atoms with Crippen molar-refractivity contribution in [1.29, 1.82) is 0 Å². The molecule has 2 nitrogen and oxygen atoms in total. The van der Waals surface area contributed by atoms with Crippen LogP contribution < -0.4 is 0 Å². The fourth-order valence-corrected chi connectivity index (χ4v) is 1.73. The van der Waals surface area contributed by atoms with E-state index in [1.807, 2.05) is 0 Å². The third-order valence-electron chi connectivity index (χ3n) is 1.85. The molecule has 0 heterocycles. The third kappa shape index (κ3) is 7.38. The number of hydrogen-bond donors (Lipinski definition) is 0. The molecule has 0 unspecified atom stereocenters. The Labute approximate surface area is 101 Å². The standard InChI is InChI=1S/C14H26N2/c1-11(2)9-13(5,6)15-16-14(7,8)10-12(3)4/h9-10H,1-8H3. The third-order valence-corrected chi connectivity index (χ3v) is 1.85. The lowest BCUT2D eigenvalue weighted by Gasteiger charge is -2.19. The van der Waals surface area contributed by atoms with Gasteiger partial charge in [-0.2, -0.15) is 10.2 Å². The summed E-state index contributed by atoms with van der Waals surface area (Å²) in [5.74, 6) is 0. The van der Waals surface area contributed by atoms with Crippen LogP contribution in [-0.4, -0.2) is 11.1 Å². The Bertz CT molecular complexity index is 278. The van der Waals surface area contributed by atoms with Gasteiger partial charge < -0.3 is 0 Å². The Morgan fingerprint density at radius 2 is 0.938 bits per heavy atom. The molecule has 0 aromatic carbocycles. The van der Waals surface area contributed by atoms with Crippen LogP contribution >= 0.6 is 0 Å². The fraction of sp³-hybridized carbons (Fsp3) is 0.714. The van der Waals surface area contributed by atoms with E-state index in [0.29, 0.717) is 0 Å². The Balaban J connectivity index is 4.85. The molecule has 0 aliphatic heterocycles. The van der Waals surface area contributed by atoms with Gasteiger partial charge >= 0.3 is 0 Å². The second kappa shape index (κ2) is 5.42. The molecule has 0 rings (SSSR count). The van der Waals surface area contributed by atoms with Gasteiger partial charge in [0, 0.05) is 0 Å². The zero-order valence-electron chi connectivity index (χ0n) is 12.0. The van der Waals surface area contributed by atoms with Gasteiger partial charge in [0.05, 0.1) is 11.1 Å². The summed E-state index contributed by atoms with van der Waals surface area (Å²) in [6, 6.07) is 0. The predicted octanol–water partition coefficient (Wildman–Crippen LogP) is 4.93. The van der Waals surface area contributed by atoms with Crippen molar-refractivity contribution in [2.75, 3.05) is 0 Å². The van der Waals surface area contributed by atoms with Gasteiger partial charge in [0.2, 0.25) is 0 Å². The summed E-state index contributed by atoms with van der Waals surface area (Å²) in [5, 5.41) is 8.85. The van der Waals surface area contributed by atoms with Crippen LogP contribution in [0.5, 0.6) is 0 Å². The summed E-state index contributed by atoms with van der Waals surface area (Å²) < 4.78 is 0. The second-order valence-corrected chi connectivity index (χ2v) is 5.95. The molecule has 0 aromatic rings. The molecular weight excluding hydrogens is 196 g/mol. The van der Waals surface area contributed by atoms with Gasteiger partial charge in [0.25, 0.3) is 0 Å². The van der Waals surface area contributed by atoms with Gasteiger partial charge in [-0.15, -0.1) is 0 Å².